The number of nitrogens with zero attached hydrogens (tertiary/aromatic N) is 2. The van der Waals surface area contributed by atoms with Crippen molar-refractivity contribution in [3.05, 3.63) is 17.0 Å². The minimum absolute atomic E-state index is 0.138. The van der Waals surface area contributed by atoms with Crippen LogP contribution in [0.15, 0.2) is 5.16 Å². The molecule has 0 radical (unpaired) electrons. The summed E-state index contributed by atoms with van der Waals surface area (Å²) < 4.78 is 4.97. The van der Waals surface area contributed by atoms with Crippen LogP contribution in [0, 0.1) is 26.7 Å². The number of thioether (sulfide) groups is 1. The van der Waals surface area contributed by atoms with Gasteiger partial charge in [0.2, 0.25) is 0 Å². The van der Waals surface area contributed by atoms with Gasteiger partial charge in [-0.1, -0.05) is 18.7 Å². The molecule has 0 aromatic carbocycles. The van der Waals surface area contributed by atoms with Gasteiger partial charge in [0.1, 0.15) is 0 Å². The minimum atomic E-state index is -0.162. The lowest BCUT2D eigenvalue weighted by Gasteiger charge is -2.10. The van der Waals surface area contributed by atoms with Crippen LogP contribution in [0.1, 0.15) is 30.8 Å². The van der Waals surface area contributed by atoms with Crippen molar-refractivity contribution in [3.63, 3.8) is 0 Å². The molecule has 1 unspecified atom stereocenters. The average Bonchev–Trinajstić information content (AvgIpc) is 2.33. The topological polar surface area (TPSA) is 52.1 Å². The Bertz CT molecular complexity index is 412. The molecule has 100 valence electrons. The van der Waals surface area contributed by atoms with Gasteiger partial charge in [-0.3, -0.25) is 4.79 Å². The van der Waals surface area contributed by atoms with Crippen LogP contribution in [0.25, 0.3) is 0 Å². The molecule has 1 heterocycles. The summed E-state index contributed by atoms with van der Waals surface area (Å²) in [5.74, 6) is 0.340. The van der Waals surface area contributed by atoms with E-state index in [1.807, 2.05) is 34.6 Å². The first kappa shape index (κ1) is 15.0. The lowest BCUT2D eigenvalue weighted by atomic mass is 10.2. The van der Waals surface area contributed by atoms with Crippen molar-refractivity contribution in [3.8, 4) is 0 Å². The van der Waals surface area contributed by atoms with Crippen molar-refractivity contribution >= 4 is 17.7 Å². The molecule has 18 heavy (non-hydrogen) atoms. The van der Waals surface area contributed by atoms with E-state index in [9.17, 15) is 4.79 Å². The van der Waals surface area contributed by atoms with E-state index in [1.165, 1.54) is 11.8 Å². The largest absolute Gasteiger partial charge is 0.466 e. The monoisotopic (exact) mass is 268 g/mol. The van der Waals surface area contributed by atoms with Gasteiger partial charge in [-0.25, -0.2) is 9.97 Å². The van der Waals surface area contributed by atoms with Crippen molar-refractivity contribution in [2.45, 2.75) is 39.8 Å². The molecule has 1 rings (SSSR count). The van der Waals surface area contributed by atoms with Gasteiger partial charge in [-0.15, -0.1) is 0 Å². The number of aryl methyl sites for hydroxylation is 2. The van der Waals surface area contributed by atoms with Crippen LogP contribution in [0.4, 0.5) is 0 Å². The Hall–Kier alpha value is -1.10. The Balaban J connectivity index is 2.61. The van der Waals surface area contributed by atoms with E-state index in [4.69, 9.17) is 4.74 Å². The lowest BCUT2D eigenvalue weighted by Crippen LogP contribution is -2.17. The highest BCUT2D eigenvalue weighted by atomic mass is 32.2. The van der Waals surface area contributed by atoms with Gasteiger partial charge in [0, 0.05) is 17.1 Å². The quantitative estimate of drug-likeness (QED) is 0.467. The first-order chi connectivity index (χ1) is 8.45. The number of hydrogen-bond acceptors (Lipinski definition) is 5. The molecule has 1 atom stereocenters. The molecule has 4 nitrogen and oxygen atoms in total. The number of esters is 1. The maximum atomic E-state index is 11.5. The van der Waals surface area contributed by atoms with Gasteiger partial charge in [-0.05, 0) is 33.3 Å². The standard InChI is InChI=1S/C13H20N2O2S/c1-6-17-12(16)8(2)7-18-13-14-10(4)9(3)11(5)15-13/h8H,6-7H2,1-5H3. The number of hydrogen-bond donors (Lipinski definition) is 0. The van der Waals surface area contributed by atoms with E-state index < -0.39 is 0 Å². The SMILES string of the molecule is CCOC(=O)C(C)CSc1nc(C)c(C)c(C)n1. The highest BCUT2D eigenvalue weighted by molar-refractivity contribution is 7.99. The average molecular weight is 268 g/mol. The summed E-state index contributed by atoms with van der Waals surface area (Å²) in [7, 11) is 0. The number of carbonyl (C=O) groups is 1. The highest BCUT2D eigenvalue weighted by Crippen LogP contribution is 2.20. The molecule has 0 saturated carbocycles. The first-order valence-corrected chi connectivity index (χ1v) is 7.05. The zero-order chi connectivity index (χ0) is 13.7. The molecule has 0 amide bonds. The molecule has 0 N–H and O–H groups in total. The Morgan fingerprint density at radius 1 is 1.28 bits per heavy atom. The molecule has 0 aliphatic rings. The van der Waals surface area contributed by atoms with Crippen LogP contribution < -0.4 is 0 Å². The van der Waals surface area contributed by atoms with Crippen LogP contribution in [0.5, 0.6) is 0 Å². The molecule has 0 saturated heterocycles. The summed E-state index contributed by atoms with van der Waals surface area (Å²) in [5, 5.41) is 0.728. The summed E-state index contributed by atoms with van der Waals surface area (Å²) in [6.07, 6.45) is 0. The van der Waals surface area contributed by atoms with Gasteiger partial charge in [-0.2, -0.15) is 0 Å². The predicted octanol–water partition coefficient (Wildman–Crippen LogP) is 2.69. The van der Waals surface area contributed by atoms with Crippen LogP contribution >= 0.6 is 11.8 Å². The summed E-state index contributed by atoms with van der Waals surface area (Å²) in [4.78, 5) is 20.3. The Kier molecular flexibility index (Phi) is 5.59. The molecule has 0 spiro atoms. The molecule has 0 bridgehead atoms. The third-order valence-corrected chi connectivity index (χ3v) is 3.87. The van der Waals surface area contributed by atoms with E-state index in [0.29, 0.717) is 12.4 Å². The molecule has 0 aliphatic carbocycles. The van der Waals surface area contributed by atoms with E-state index in [2.05, 4.69) is 9.97 Å². The fraction of sp³-hybridized carbons (Fsp3) is 0.615. The van der Waals surface area contributed by atoms with E-state index >= 15 is 0 Å². The van der Waals surface area contributed by atoms with E-state index in [1.54, 1.807) is 0 Å². The molecular weight excluding hydrogens is 248 g/mol. The minimum Gasteiger partial charge on any atom is -0.466 e. The second-order valence-corrected chi connectivity index (χ2v) is 5.25. The summed E-state index contributed by atoms with van der Waals surface area (Å²) in [6.45, 7) is 10.1. The van der Waals surface area contributed by atoms with Gasteiger partial charge in [0.05, 0.1) is 12.5 Å². The van der Waals surface area contributed by atoms with E-state index in [-0.39, 0.29) is 11.9 Å². The second-order valence-electron chi connectivity index (χ2n) is 4.27. The maximum absolute atomic E-state index is 11.5. The van der Waals surface area contributed by atoms with Crippen LogP contribution in [0.3, 0.4) is 0 Å². The maximum Gasteiger partial charge on any atom is 0.309 e. The smallest absolute Gasteiger partial charge is 0.309 e. The van der Waals surface area contributed by atoms with Crippen molar-refractivity contribution in [2.75, 3.05) is 12.4 Å². The number of rotatable bonds is 5. The van der Waals surface area contributed by atoms with Gasteiger partial charge < -0.3 is 4.74 Å². The zero-order valence-corrected chi connectivity index (χ0v) is 12.4. The summed E-state index contributed by atoms with van der Waals surface area (Å²) in [5.41, 5.74) is 3.11. The molecule has 5 heteroatoms. The van der Waals surface area contributed by atoms with Crippen molar-refractivity contribution in [1.82, 2.24) is 9.97 Å². The molecule has 1 aromatic rings. The Labute approximate surface area is 113 Å². The number of aromatic nitrogens is 2. The molecule has 0 fully saturated rings. The van der Waals surface area contributed by atoms with Gasteiger partial charge in [0.15, 0.2) is 5.16 Å². The van der Waals surface area contributed by atoms with E-state index in [0.717, 1.165) is 22.1 Å². The van der Waals surface area contributed by atoms with Gasteiger partial charge in [0.25, 0.3) is 0 Å². The normalized spacial score (nSPS) is 12.3. The number of carbonyl (C=O) groups excluding carboxylic acids is 1. The fourth-order valence-electron chi connectivity index (χ4n) is 1.36. The first-order valence-electron chi connectivity index (χ1n) is 6.07. The van der Waals surface area contributed by atoms with Crippen molar-refractivity contribution in [1.29, 1.82) is 0 Å². The third-order valence-electron chi connectivity index (χ3n) is 2.76. The molecule has 0 aliphatic heterocycles. The molecular formula is C13H20N2O2S. The summed E-state index contributed by atoms with van der Waals surface area (Å²) >= 11 is 1.50. The highest BCUT2D eigenvalue weighted by Gasteiger charge is 2.15. The van der Waals surface area contributed by atoms with Crippen LogP contribution in [-0.2, 0) is 9.53 Å². The van der Waals surface area contributed by atoms with Crippen LogP contribution in [-0.4, -0.2) is 28.3 Å². The zero-order valence-electron chi connectivity index (χ0n) is 11.6. The fourth-order valence-corrected chi connectivity index (χ4v) is 2.30. The van der Waals surface area contributed by atoms with Gasteiger partial charge >= 0.3 is 5.97 Å². The third kappa shape index (κ3) is 3.98. The molecule has 1 aromatic heterocycles. The number of ether oxygens (including phenoxy) is 1. The van der Waals surface area contributed by atoms with Crippen molar-refractivity contribution < 1.29 is 9.53 Å². The Morgan fingerprint density at radius 2 is 1.83 bits per heavy atom. The second kappa shape index (κ2) is 6.73. The summed E-state index contributed by atoms with van der Waals surface area (Å²) in [6, 6.07) is 0. The lowest BCUT2D eigenvalue weighted by molar-refractivity contribution is -0.146. The predicted molar refractivity (Wildman–Crippen MR) is 72.8 cm³/mol. The van der Waals surface area contributed by atoms with Crippen LogP contribution in [0.2, 0.25) is 0 Å². The Morgan fingerprint density at radius 3 is 2.33 bits per heavy atom. The van der Waals surface area contributed by atoms with Crippen molar-refractivity contribution in [2.24, 2.45) is 5.92 Å².